The Hall–Kier alpha value is -1.36. The van der Waals surface area contributed by atoms with Gasteiger partial charge in [0.15, 0.2) is 0 Å². The molecule has 21 heavy (non-hydrogen) atoms. The molecule has 2 aromatic rings. The third-order valence-electron chi connectivity index (χ3n) is 3.59. The summed E-state index contributed by atoms with van der Waals surface area (Å²) in [6, 6.07) is 7.43. The molecule has 1 saturated heterocycles. The Balaban J connectivity index is 1.92. The minimum absolute atomic E-state index is 0.185. The maximum absolute atomic E-state index is 6.25. The Morgan fingerprint density at radius 1 is 1.24 bits per heavy atom. The SMILES string of the molecule is NC1CCCN(c2nccc(-c3ccc(Cl)cc3Cl)n2)C1. The first-order chi connectivity index (χ1) is 10.1. The molecule has 2 heterocycles. The van der Waals surface area contributed by atoms with Gasteiger partial charge in [-0.2, -0.15) is 0 Å². The van der Waals surface area contributed by atoms with E-state index in [1.807, 2.05) is 12.1 Å². The zero-order valence-electron chi connectivity index (χ0n) is 11.5. The van der Waals surface area contributed by atoms with Gasteiger partial charge in [0.2, 0.25) is 5.95 Å². The molecule has 0 amide bonds. The topological polar surface area (TPSA) is 55.0 Å². The van der Waals surface area contributed by atoms with Crippen LogP contribution in [-0.4, -0.2) is 29.1 Å². The summed E-state index contributed by atoms with van der Waals surface area (Å²) in [6.07, 6.45) is 3.87. The summed E-state index contributed by atoms with van der Waals surface area (Å²) in [5.74, 6) is 0.702. The number of aromatic nitrogens is 2. The summed E-state index contributed by atoms with van der Waals surface area (Å²) >= 11 is 12.2. The van der Waals surface area contributed by atoms with Gasteiger partial charge < -0.3 is 10.6 Å². The minimum atomic E-state index is 0.185. The van der Waals surface area contributed by atoms with Gasteiger partial charge in [-0.05, 0) is 37.1 Å². The number of rotatable bonds is 2. The van der Waals surface area contributed by atoms with Crippen LogP contribution in [0.3, 0.4) is 0 Å². The second-order valence-electron chi connectivity index (χ2n) is 5.21. The largest absolute Gasteiger partial charge is 0.339 e. The molecule has 1 fully saturated rings. The van der Waals surface area contributed by atoms with Gasteiger partial charge in [-0.15, -0.1) is 0 Å². The van der Waals surface area contributed by atoms with Crippen molar-refractivity contribution in [2.75, 3.05) is 18.0 Å². The van der Waals surface area contributed by atoms with E-state index in [0.29, 0.717) is 16.0 Å². The minimum Gasteiger partial charge on any atom is -0.339 e. The number of anilines is 1. The second kappa shape index (κ2) is 6.18. The second-order valence-corrected chi connectivity index (χ2v) is 6.06. The van der Waals surface area contributed by atoms with Crippen LogP contribution in [0.1, 0.15) is 12.8 Å². The van der Waals surface area contributed by atoms with Crippen molar-refractivity contribution in [2.24, 2.45) is 5.73 Å². The van der Waals surface area contributed by atoms with Crippen LogP contribution in [0.25, 0.3) is 11.3 Å². The molecule has 1 aliphatic heterocycles. The van der Waals surface area contributed by atoms with E-state index in [0.717, 1.165) is 37.2 Å². The van der Waals surface area contributed by atoms with Crippen LogP contribution in [0.15, 0.2) is 30.5 Å². The maximum atomic E-state index is 6.25. The third-order valence-corrected chi connectivity index (χ3v) is 4.14. The zero-order valence-corrected chi connectivity index (χ0v) is 13.0. The Morgan fingerprint density at radius 2 is 2.10 bits per heavy atom. The third kappa shape index (κ3) is 3.28. The fourth-order valence-electron chi connectivity index (χ4n) is 2.54. The first-order valence-corrected chi connectivity index (χ1v) is 7.68. The van der Waals surface area contributed by atoms with Crippen molar-refractivity contribution >= 4 is 29.2 Å². The molecular formula is C15H16Cl2N4. The van der Waals surface area contributed by atoms with Crippen molar-refractivity contribution in [2.45, 2.75) is 18.9 Å². The van der Waals surface area contributed by atoms with Gasteiger partial charge in [-0.3, -0.25) is 0 Å². The lowest BCUT2D eigenvalue weighted by Crippen LogP contribution is -2.43. The predicted octanol–water partition coefficient (Wildman–Crippen LogP) is 3.38. The first-order valence-electron chi connectivity index (χ1n) is 6.92. The average molecular weight is 323 g/mol. The predicted molar refractivity (Wildman–Crippen MR) is 86.9 cm³/mol. The van der Waals surface area contributed by atoms with Gasteiger partial charge in [0.25, 0.3) is 0 Å². The smallest absolute Gasteiger partial charge is 0.225 e. The quantitative estimate of drug-likeness (QED) is 0.920. The Labute approximate surface area is 133 Å². The van der Waals surface area contributed by atoms with Crippen LogP contribution in [0.2, 0.25) is 10.0 Å². The van der Waals surface area contributed by atoms with Gasteiger partial charge in [0, 0.05) is 35.9 Å². The fraction of sp³-hybridized carbons (Fsp3) is 0.333. The van der Waals surface area contributed by atoms with Crippen molar-refractivity contribution < 1.29 is 0 Å². The normalized spacial score (nSPS) is 18.8. The highest BCUT2D eigenvalue weighted by molar-refractivity contribution is 6.36. The summed E-state index contributed by atoms with van der Waals surface area (Å²) in [4.78, 5) is 11.1. The van der Waals surface area contributed by atoms with E-state index < -0.39 is 0 Å². The summed E-state index contributed by atoms with van der Waals surface area (Å²) in [6.45, 7) is 1.73. The van der Waals surface area contributed by atoms with Gasteiger partial charge in [-0.25, -0.2) is 9.97 Å². The molecule has 1 aromatic carbocycles. The number of nitrogens with zero attached hydrogens (tertiary/aromatic N) is 3. The summed E-state index contributed by atoms with van der Waals surface area (Å²) in [7, 11) is 0. The van der Waals surface area contributed by atoms with Gasteiger partial charge >= 0.3 is 0 Å². The van der Waals surface area contributed by atoms with Crippen LogP contribution in [0.5, 0.6) is 0 Å². The summed E-state index contributed by atoms with van der Waals surface area (Å²) in [5.41, 5.74) is 7.66. The first kappa shape index (κ1) is 14.6. The highest BCUT2D eigenvalue weighted by Crippen LogP contribution is 2.29. The molecule has 2 N–H and O–H groups in total. The molecule has 1 aliphatic rings. The van der Waals surface area contributed by atoms with Crippen molar-refractivity contribution in [3.05, 3.63) is 40.5 Å². The zero-order chi connectivity index (χ0) is 14.8. The van der Waals surface area contributed by atoms with E-state index in [-0.39, 0.29) is 6.04 Å². The Morgan fingerprint density at radius 3 is 2.86 bits per heavy atom. The molecule has 0 radical (unpaired) electrons. The number of hydrogen-bond acceptors (Lipinski definition) is 4. The van der Waals surface area contributed by atoms with Gasteiger partial charge in [0.1, 0.15) is 0 Å². The molecule has 1 aromatic heterocycles. The van der Waals surface area contributed by atoms with Crippen LogP contribution in [0.4, 0.5) is 5.95 Å². The Kier molecular flexibility index (Phi) is 4.29. The number of hydrogen-bond donors (Lipinski definition) is 1. The summed E-state index contributed by atoms with van der Waals surface area (Å²) < 4.78 is 0. The molecule has 0 aliphatic carbocycles. The lowest BCUT2D eigenvalue weighted by Gasteiger charge is -2.30. The van der Waals surface area contributed by atoms with E-state index in [1.165, 1.54) is 0 Å². The van der Waals surface area contributed by atoms with Crippen LogP contribution >= 0.6 is 23.2 Å². The van der Waals surface area contributed by atoms with Gasteiger partial charge in [0.05, 0.1) is 10.7 Å². The highest BCUT2D eigenvalue weighted by Gasteiger charge is 2.19. The molecule has 110 valence electrons. The van der Waals surface area contributed by atoms with Crippen molar-refractivity contribution in [3.8, 4) is 11.3 Å². The molecule has 0 bridgehead atoms. The summed E-state index contributed by atoms with van der Waals surface area (Å²) in [5, 5.41) is 1.20. The Bertz CT molecular complexity index is 647. The number of benzene rings is 1. The monoisotopic (exact) mass is 322 g/mol. The maximum Gasteiger partial charge on any atom is 0.225 e. The lowest BCUT2D eigenvalue weighted by molar-refractivity contribution is 0.500. The standard InChI is InChI=1S/C15H16Cl2N4/c16-10-3-4-12(13(17)8-10)14-5-6-19-15(20-14)21-7-1-2-11(18)9-21/h3-6,8,11H,1-2,7,9,18H2. The highest BCUT2D eigenvalue weighted by atomic mass is 35.5. The van der Waals surface area contributed by atoms with Crippen LogP contribution < -0.4 is 10.6 Å². The van der Waals surface area contributed by atoms with Crippen molar-refractivity contribution in [1.29, 1.82) is 0 Å². The number of halogens is 2. The number of nitrogens with two attached hydrogens (primary N) is 1. The van der Waals surface area contributed by atoms with Gasteiger partial charge in [-0.1, -0.05) is 23.2 Å². The fourth-order valence-corrected chi connectivity index (χ4v) is 3.04. The molecule has 6 heteroatoms. The van der Waals surface area contributed by atoms with Crippen molar-refractivity contribution in [1.82, 2.24) is 9.97 Å². The average Bonchev–Trinajstić information content (AvgIpc) is 2.47. The van der Waals surface area contributed by atoms with E-state index in [1.54, 1.807) is 18.3 Å². The van der Waals surface area contributed by atoms with E-state index in [4.69, 9.17) is 28.9 Å². The lowest BCUT2D eigenvalue weighted by atomic mass is 10.1. The van der Waals surface area contributed by atoms with E-state index in [9.17, 15) is 0 Å². The molecule has 3 rings (SSSR count). The van der Waals surface area contributed by atoms with E-state index in [2.05, 4.69) is 14.9 Å². The molecule has 0 saturated carbocycles. The molecule has 1 unspecified atom stereocenters. The molecular weight excluding hydrogens is 307 g/mol. The molecule has 1 atom stereocenters. The molecule has 4 nitrogen and oxygen atoms in total. The molecule has 0 spiro atoms. The van der Waals surface area contributed by atoms with Crippen molar-refractivity contribution in [3.63, 3.8) is 0 Å². The van der Waals surface area contributed by atoms with Crippen LogP contribution in [0, 0.1) is 0 Å². The van der Waals surface area contributed by atoms with E-state index >= 15 is 0 Å². The number of piperidine rings is 1. The van der Waals surface area contributed by atoms with Crippen LogP contribution in [-0.2, 0) is 0 Å².